The van der Waals surface area contributed by atoms with Gasteiger partial charge in [-0.05, 0) is 19.8 Å². The molecule has 88 valence electrons. The molecular formula is C11H23N3O. The van der Waals surface area contributed by atoms with Crippen LogP contribution in [-0.4, -0.2) is 48.2 Å². The van der Waals surface area contributed by atoms with Crippen molar-refractivity contribution in [1.82, 2.24) is 10.2 Å². The van der Waals surface area contributed by atoms with Crippen molar-refractivity contribution in [2.75, 3.05) is 26.2 Å². The maximum absolute atomic E-state index is 9.46. The summed E-state index contributed by atoms with van der Waals surface area (Å²) in [5.74, 6) is 0.961. The first-order valence-corrected chi connectivity index (χ1v) is 5.99. The molecule has 1 aliphatic heterocycles. The van der Waals surface area contributed by atoms with Gasteiger partial charge in [0.05, 0.1) is 6.10 Å². The zero-order valence-electron chi connectivity index (χ0n) is 9.87. The maximum Gasteiger partial charge on any atom is 0.194 e. The van der Waals surface area contributed by atoms with Gasteiger partial charge in [-0.25, -0.2) is 0 Å². The molecule has 0 amide bonds. The molecule has 1 fully saturated rings. The minimum atomic E-state index is -0.181. The number of β-amino-alcohol motifs (C(OH)–C–C–N with tert-alkyl or cyclic N) is 1. The van der Waals surface area contributed by atoms with Crippen LogP contribution in [0.25, 0.3) is 0 Å². The Labute approximate surface area is 92.4 Å². The summed E-state index contributed by atoms with van der Waals surface area (Å²) >= 11 is 0. The summed E-state index contributed by atoms with van der Waals surface area (Å²) in [6, 6.07) is 0. The van der Waals surface area contributed by atoms with Crippen LogP contribution in [0.4, 0.5) is 0 Å². The summed E-state index contributed by atoms with van der Waals surface area (Å²) in [5, 5.41) is 12.7. The minimum absolute atomic E-state index is 0.181. The van der Waals surface area contributed by atoms with Crippen molar-refractivity contribution < 1.29 is 5.11 Å². The van der Waals surface area contributed by atoms with Crippen LogP contribution >= 0.6 is 0 Å². The molecule has 1 aliphatic rings. The van der Waals surface area contributed by atoms with Gasteiger partial charge in [-0.3, -0.25) is 4.99 Å². The van der Waals surface area contributed by atoms with Gasteiger partial charge >= 0.3 is 0 Å². The van der Waals surface area contributed by atoms with Crippen molar-refractivity contribution >= 4 is 5.96 Å². The Morgan fingerprint density at radius 1 is 1.53 bits per heavy atom. The van der Waals surface area contributed by atoms with Crippen LogP contribution in [0, 0.1) is 0 Å². The third kappa shape index (κ3) is 4.08. The molecule has 0 aliphatic carbocycles. The number of rotatable bonds is 4. The Bertz CT molecular complexity index is 206. The molecule has 2 N–H and O–H groups in total. The topological polar surface area (TPSA) is 47.9 Å². The fraction of sp³-hybridized carbons (Fsp3) is 0.909. The van der Waals surface area contributed by atoms with Crippen LogP contribution in [0.3, 0.4) is 0 Å². The zero-order chi connectivity index (χ0) is 11.1. The van der Waals surface area contributed by atoms with Gasteiger partial charge in [0.25, 0.3) is 0 Å². The third-order valence-corrected chi connectivity index (χ3v) is 2.57. The predicted octanol–water partition coefficient (Wildman–Crippen LogP) is 0.819. The number of hydrogen-bond acceptors (Lipinski definition) is 2. The quantitative estimate of drug-likeness (QED) is 0.413. The number of guanidine groups is 1. The number of aliphatic hydroxyl groups is 1. The van der Waals surface area contributed by atoms with Gasteiger partial charge in [-0.15, -0.1) is 0 Å². The lowest BCUT2D eigenvalue weighted by Gasteiger charge is -2.20. The molecule has 4 nitrogen and oxygen atoms in total. The summed E-state index contributed by atoms with van der Waals surface area (Å²) in [6.07, 6.45) is 2.98. The fourth-order valence-corrected chi connectivity index (χ4v) is 1.70. The predicted molar refractivity (Wildman–Crippen MR) is 63.1 cm³/mol. The summed E-state index contributed by atoms with van der Waals surface area (Å²) < 4.78 is 0. The van der Waals surface area contributed by atoms with Crippen LogP contribution < -0.4 is 5.32 Å². The molecule has 0 unspecified atom stereocenters. The van der Waals surface area contributed by atoms with E-state index in [-0.39, 0.29) is 6.10 Å². The summed E-state index contributed by atoms with van der Waals surface area (Å²) in [5.41, 5.74) is 0. The lowest BCUT2D eigenvalue weighted by atomic mass is 10.3. The third-order valence-electron chi connectivity index (χ3n) is 2.57. The number of nitrogens with one attached hydrogen (secondary N) is 1. The Balaban J connectivity index is 2.45. The van der Waals surface area contributed by atoms with E-state index in [1.165, 1.54) is 6.42 Å². The van der Waals surface area contributed by atoms with E-state index in [0.29, 0.717) is 0 Å². The van der Waals surface area contributed by atoms with Gasteiger partial charge in [0.15, 0.2) is 5.96 Å². The smallest absolute Gasteiger partial charge is 0.194 e. The molecule has 0 aromatic rings. The van der Waals surface area contributed by atoms with Crippen molar-refractivity contribution in [3.05, 3.63) is 0 Å². The van der Waals surface area contributed by atoms with Crippen LogP contribution in [-0.2, 0) is 0 Å². The number of aliphatic hydroxyl groups excluding tert-OH is 1. The van der Waals surface area contributed by atoms with Gasteiger partial charge < -0.3 is 15.3 Å². The SMILES string of the molecule is CCCCN=C(NCC)N1CC[C@@H](O)C1. The Morgan fingerprint density at radius 2 is 2.33 bits per heavy atom. The Hall–Kier alpha value is -0.770. The second-order valence-electron chi connectivity index (χ2n) is 3.98. The average molecular weight is 213 g/mol. The minimum Gasteiger partial charge on any atom is -0.391 e. The molecule has 1 saturated heterocycles. The highest BCUT2D eigenvalue weighted by atomic mass is 16.3. The molecular weight excluding hydrogens is 190 g/mol. The van der Waals surface area contributed by atoms with Gasteiger partial charge in [-0.2, -0.15) is 0 Å². The van der Waals surface area contributed by atoms with Gasteiger partial charge in [0.2, 0.25) is 0 Å². The standard InChI is InChI=1S/C11H23N3O/c1-3-5-7-13-11(12-4-2)14-8-6-10(15)9-14/h10,15H,3-9H2,1-2H3,(H,12,13)/t10-/m1/s1. The van der Waals surface area contributed by atoms with Crippen molar-refractivity contribution in [3.63, 3.8) is 0 Å². The highest BCUT2D eigenvalue weighted by Gasteiger charge is 2.22. The summed E-state index contributed by atoms with van der Waals surface area (Å²) in [4.78, 5) is 6.68. The van der Waals surface area contributed by atoms with E-state index in [9.17, 15) is 5.11 Å². The van der Waals surface area contributed by atoms with E-state index in [1.807, 2.05) is 0 Å². The van der Waals surface area contributed by atoms with Crippen molar-refractivity contribution in [2.24, 2.45) is 4.99 Å². The Morgan fingerprint density at radius 3 is 2.87 bits per heavy atom. The second-order valence-corrected chi connectivity index (χ2v) is 3.98. The largest absolute Gasteiger partial charge is 0.391 e. The second kappa shape index (κ2) is 6.67. The first-order valence-electron chi connectivity index (χ1n) is 5.99. The summed E-state index contributed by atoms with van der Waals surface area (Å²) in [6.45, 7) is 7.64. The van der Waals surface area contributed by atoms with E-state index in [0.717, 1.165) is 45.0 Å². The van der Waals surface area contributed by atoms with Crippen LogP contribution in [0.2, 0.25) is 0 Å². The van der Waals surface area contributed by atoms with Crippen molar-refractivity contribution in [1.29, 1.82) is 0 Å². The lowest BCUT2D eigenvalue weighted by molar-refractivity contribution is 0.188. The molecule has 15 heavy (non-hydrogen) atoms. The zero-order valence-corrected chi connectivity index (χ0v) is 9.87. The van der Waals surface area contributed by atoms with E-state index in [1.54, 1.807) is 0 Å². The first-order chi connectivity index (χ1) is 7.27. The molecule has 0 aromatic carbocycles. The monoisotopic (exact) mass is 213 g/mol. The van der Waals surface area contributed by atoms with Crippen molar-refractivity contribution in [3.8, 4) is 0 Å². The van der Waals surface area contributed by atoms with Crippen LogP contribution in [0.1, 0.15) is 33.1 Å². The lowest BCUT2D eigenvalue weighted by Crippen LogP contribution is -2.40. The van der Waals surface area contributed by atoms with E-state index in [2.05, 4.69) is 29.1 Å². The van der Waals surface area contributed by atoms with Gasteiger partial charge in [-0.1, -0.05) is 13.3 Å². The van der Waals surface area contributed by atoms with Crippen LogP contribution in [0.5, 0.6) is 0 Å². The molecule has 0 saturated carbocycles. The Kier molecular flexibility index (Phi) is 5.47. The van der Waals surface area contributed by atoms with E-state index >= 15 is 0 Å². The summed E-state index contributed by atoms with van der Waals surface area (Å²) in [7, 11) is 0. The molecule has 4 heteroatoms. The number of likely N-dealkylation sites (tertiary alicyclic amines) is 1. The first kappa shape index (κ1) is 12.3. The van der Waals surface area contributed by atoms with Gasteiger partial charge in [0, 0.05) is 26.2 Å². The number of hydrogen-bond donors (Lipinski definition) is 2. The van der Waals surface area contributed by atoms with Gasteiger partial charge in [0.1, 0.15) is 0 Å². The highest BCUT2D eigenvalue weighted by molar-refractivity contribution is 5.80. The molecule has 0 radical (unpaired) electrons. The maximum atomic E-state index is 9.46. The molecule has 0 bridgehead atoms. The normalized spacial score (nSPS) is 22.2. The molecule has 0 spiro atoms. The number of nitrogens with zero attached hydrogens (tertiary/aromatic N) is 2. The number of unbranched alkanes of at least 4 members (excludes halogenated alkanes) is 1. The average Bonchev–Trinajstić information content (AvgIpc) is 2.64. The number of aliphatic imine (C=N–C) groups is 1. The molecule has 0 aromatic heterocycles. The molecule has 1 rings (SSSR count). The molecule has 1 atom stereocenters. The van der Waals surface area contributed by atoms with Crippen LogP contribution in [0.15, 0.2) is 4.99 Å². The van der Waals surface area contributed by atoms with E-state index in [4.69, 9.17) is 0 Å². The highest BCUT2D eigenvalue weighted by Crippen LogP contribution is 2.08. The molecule has 1 heterocycles. The van der Waals surface area contributed by atoms with E-state index < -0.39 is 0 Å². The fourth-order valence-electron chi connectivity index (χ4n) is 1.70. The van der Waals surface area contributed by atoms with Crippen molar-refractivity contribution in [2.45, 2.75) is 39.2 Å².